The Bertz CT molecular complexity index is 1080. The van der Waals surface area contributed by atoms with Crippen molar-refractivity contribution in [2.75, 3.05) is 20.2 Å². The quantitative estimate of drug-likeness (QED) is 0.549. The van der Waals surface area contributed by atoms with Crippen LogP contribution in [-0.2, 0) is 29.5 Å². The van der Waals surface area contributed by atoms with Crippen molar-refractivity contribution in [1.82, 2.24) is 25.4 Å². The maximum Gasteiger partial charge on any atom is 0.242 e. The molecule has 0 spiro atoms. The molecule has 31 heavy (non-hydrogen) atoms. The molecule has 8 nitrogen and oxygen atoms in total. The number of carbonyl (C=O) groups excluding carboxylic acids is 2. The third-order valence-electron chi connectivity index (χ3n) is 5.34. The number of rotatable bonds is 9. The average Bonchev–Trinajstić information content (AvgIpc) is 3.08. The zero-order chi connectivity index (χ0) is 22.4. The average molecular weight is 424 g/mol. The number of hydrogen-bond donors (Lipinski definition) is 2. The second-order valence-electron chi connectivity index (χ2n) is 7.49. The minimum absolute atomic E-state index is 0.0285. The number of benzene rings is 1. The van der Waals surface area contributed by atoms with Gasteiger partial charge in [0.25, 0.3) is 0 Å². The van der Waals surface area contributed by atoms with Gasteiger partial charge in [0.2, 0.25) is 17.7 Å². The van der Waals surface area contributed by atoms with Crippen molar-refractivity contribution >= 4 is 22.8 Å². The van der Waals surface area contributed by atoms with Crippen molar-refractivity contribution < 1.29 is 14.3 Å². The lowest BCUT2D eigenvalue weighted by atomic mass is 10.00. The first-order valence-corrected chi connectivity index (χ1v) is 10.3. The molecule has 2 heterocycles. The highest BCUT2D eigenvalue weighted by molar-refractivity contribution is 5.87. The molecule has 3 aromatic rings. The smallest absolute Gasteiger partial charge is 0.242 e. The van der Waals surface area contributed by atoms with Gasteiger partial charge in [-0.3, -0.25) is 9.59 Å². The Labute approximate surface area is 182 Å². The highest BCUT2D eigenvalue weighted by Crippen LogP contribution is 2.30. The van der Waals surface area contributed by atoms with Gasteiger partial charge in [0.15, 0.2) is 5.65 Å². The maximum absolute atomic E-state index is 12.3. The third-order valence-corrected chi connectivity index (χ3v) is 5.34. The lowest BCUT2D eigenvalue weighted by Gasteiger charge is -2.11. The molecule has 0 aliphatic heterocycles. The first-order chi connectivity index (χ1) is 14.9. The van der Waals surface area contributed by atoms with Crippen LogP contribution in [0.3, 0.4) is 0 Å². The van der Waals surface area contributed by atoms with E-state index in [9.17, 15) is 9.59 Å². The number of nitrogens with one attached hydrogen (secondary N) is 2. The molecule has 1 aromatic carbocycles. The van der Waals surface area contributed by atoms with Crippen LogP contribution in [-0.4, -0.2) is 46.8 Å². The molecule has 0 aliphatic rings. The molecular weight excluding hydrogens is 394 g/mol. The Balaban J connectivity index is 1.50. The number of aryl methyl sites for hydroxylation is 3. The van der Waals surface area contributed by atoms with E-state index in [-0.39, 0.29) is 24.8 Å². The van der Waals surface area contributed by atoms with Crippen LogP contribution in [0.4, 0.5) is 0 Å². The van der Waals surface area contributed by atoms with Gasteiger partial charge in [-0.05, 0) is 43.4 Å². The highest BCUT2D eigenvalue weighted by atomic mass is 16.5. The monoisotopic (exact) mass is 423 g/mol. The zero-order valence-electron chi connectivity index (χ0n) is 18.5. The number of aromatic nitrogens is 3. The summed E-state index contributed by atoms with van der Waals surface area (Å²) in [6, 6.07) is 9.94. The Morgan fingerprint density at radius 2 is 1.81 bits per heavy atom. The summed E-state index contributed by atoms with van der Waals surface area (Å²) < 4.78 is 7.07. The zero-order valence-corrected chi connectivity index (χ0v) is 18.5. The van der Waals surface area contributed by atoms with Crippen molar-refractivity contribution in [3.63, 3.8) is 0 Å². The Kier molecular flexibility index (Phi) is 7.23. The van der Waals surface area contributed by atoms with Gasteiger partial charge in [-0.2, -0.15) is 0 Å². The van der Waals surface area contributed by atoms with E-state index in [4.69, 9.17) is 4.74 Å². The van der Waals surface area contributed by atoms with Crippen LogP contribution in [0.25, 0.3) is 11.0 Å². The number of methoxy groups -OCH3 is 1. The summed E-state index contributed by atoms with van der Waals surface area (Å²) in [5.74, 6) is 0.162. The molecule has 0 saturated heterocycles. The van der Waals surface area contributed by atoms with Crippen molar-refractivity contribution in [1.29, 1.82) is 0 Å². The normalized spacial score (nSPS) is 10.8. The largest absolute Gasteiger partial charge is 0.479 e. The topological polar surface area (TPSA) is 98.1 Å². The summed E-state index contributed by atoms with van der Waals surface area (Å²) in [5.41, 5.74) is 4.79. The van der Waals surface area contributed by atoms with Gasteiger partial charge in [-0.1, -0.05) is 30.3 Å². The van der Waals surface area contributed by atoms with Gasteiger partial charge in [0, 0.05) is 25.7 Å². The predicted molar refractivity (Wildman–Crippen MR) is 119 cm³/mol. The number of amides is 2. The van der Waals surface area contributed by atoms with E-state index in [0.717, 1.165) is 39.8 Å². The summed E-state index contributed by atoms with van der Waals surface area (Å²) in [7, 11) is 3.41. The Morgan fingerprint density at radius 1 is 1.06 bits per heavy atom. The summed E-state index contributed by atoms with van der Waals surface area (Å²) in [4.78, 5) is 28.9. The molecule has 0 saturated carbocycles. The van der Waals surface area contributed by atoms with Crippen LogP contribution >= 0.6 is 0 Å². The van der Waals surface area contributed by atoms with E-state index in [0.29, 0.717) is 18.8 Å². The molecule has 3 rings (SSSR count). The second-order valence-corrected chi connectivity index (χ2v) is 7.49. The summed E-state index contributed by atoms with van der Waals surface area (Å²) >= 11 is 0. The molecule has 164 valence electrons. The second kappa shape index (κ2) is 10.1. The fourth-order valence-electron chi connectivity index (χ4n) is 3.67. The van der Waals surface area contributed by atoms with Gasteiger partial charge in [0.05, 0.1) is 19.0 Å². The molecule has 0 aliphatic carbocycles. The van der Waals surface area contributed by atoms with Crippen LogP contribution in [0.2, 0.25) is 0 Å². The Morgan fingerprint density at radius 3 is 2.52 bits per heavy atom. The summed E-state index contributed by atoms with van der Waals surface area (Å²) in [5, 5.41) is 10.7. The van der Waals surface area contributed by atoms with Crippen LogP contribution in [0.15, 0.2) is 30.3 Å². The van der Waals surface area contributed by atoms with Crippen LogP contribution in [0, 0.1) is 13.8 Å². The van der Waals surface area contributed by atoms with E-state index in [1.54, 1.807) is 11.8 Å². The van der Waals surface area contributed by atoms with Crippen LogP contribution < -0.4 is 15.4 Å². The molecule has 0 bridgehead atoms. The molecule has 0 fully saturated rings. The summed E-state index contributed by atoms with van der Waals surface area (Å²) in [6.07, 6.45) is 1.56. The lowest BCUT2D eigenvalue weighted by molar-refractivity contribution is -0.126. The molecule has 0 radical (unpaired) electrons. The van der Waals surface area contributed by atoms with Gasteiger partial charge < -0.3 is 15.4 Å². The van der Waals surface area contributed by atoms with Gasteiger partial charge in [-0.25, -0.2) is 9.67 Å². The fourth-order valence-corrected chi connectivity index (χ4v) is 3.67. The predicted octanol–water partition coefficient (Wildman–Crippen LogP) is 2.00. The van der Waals surface area contributed by atoms with Crippen molar-refractivity contribution in [2.24, 2.45) is 7.05 Å². The molecule has 2 amide bonds. The minimum Gasteiger partial charge on any atom is -0.479 e. The number of hydrogen-bond acceptors (Lipinski definition) is 5. The fraction of sp³-hybridized carbons (Fsp3) is 0.391. The number of carbonyl (C=O) groups is 2. The van der Waals surface area contributed by atoms with E-state index in [2.05, 4.69) is 20.7 Å². The van der Waals surface area contributed by atoms with E-state index < -0.39 is 0 Å². The first-order valence-electron chi connectivity index (χ1n) is 10.3. The minimum atomic E-state index is -0.195. The van der Waals surface area contributed by atoms with Crippen LogP contribution in [0.5, 0.6) is 5.88 Å². The Hall–Kier alpha value is -3.42. The molecule has 2 N–H and O–H groups in total. The molecular formula is C23H29N5O3. The molecule has 8 heteroatoms. The standard InChI is InChI=1S/C23H29N5O3/c1-15-18(16(2)26-22-21(15)23(31-4)27-28(22)3)10-11-19(29)25-14-20(30)24-13-12-17-8-6-5-7-9-17/h5-9H,10-14H2,1-4H3,(H,24,30)(H,25,29). The van der Waals surface area contributed by atoms with Crippen molar-refractivity contribution in [2.45, 2.75) is 33.1 Å². The van der Waals surface area contributed by atoms with Gasteiger partial charge >= 0.3 is 0 Å². The number of pyridine rings is 1. The first kappa shape index (κ1) is 22.3. The van der Waals surface area contributed by atoms with E-state index in [1.165, 1.54) is 0 Å². The van der Waals surface area contributed by atoms with Gasteiger partial charge in [0.1, 0.15) is 0 Å². The van der Waals surface area contributed by atoms with Crippen LogP contribution in [0.1, 0.15) is 28.8 Å². The number of ether oxygens (including phenoxy) is 1. The SMILES string of the molecule is COc1nn(C)c2nc(C)c(CCC(=O)NCC(=O)NCCc3ccccc3)c(C)c12. The molecule has 0 atom stereocenters. The van der Waals surface area contributed by atoms with Crippen molar-refractivity contribution in [3.05, 3.63) is 52.7 Å². The highest BCUT2D eigenvalue weighted by Gasteiger charge is 2.18. The number of nitrogens with zero attached hydrogens (tertiary/aromatic N) is 3. The van der Waals surface area contributed by atoms with Gasteiger partial charge in [-0.15, -0.1) is 5.10 Å². The lowest BCUT2D eigenvalue weighted by Crippen LogP contribution is -2.37. The molecule has 0 unspecified atom stereocenters. The van der Waals surface area contributed by atoms with E-state index in [1.807, 2.05) is 51.2 Å². The third kappa shape index (κ3) is 5.39. The van der Waals surface area contributed by atoms with Crippen molar-refractivity contribution in [3.8, 4) is 5.88 Å². The maximum atomic E-state index is 12.3. The summed E-state index contributed by atoms with van der Waals surface area (Å²) in [6.45, 7) is 4.43. The molecule has 2 aromatic heterocycles. The number of fused-ring (bicyclic) bond motifs is 1. The van der Waals surface area contributed by atoms with E-state index >= 15 is 0 Å².